The van der Waals surface area contributed by atoms with Gasteiger partial charge in [0.25, 0.3) is 0 Å². The molecule has 2 aromatic heterocycles. The van der Waals surface area contributed by atoms with Crippen molar-refractivity contribution >= 4 is 6.03 Å². The molecule has 8 heteroatoms. The maximum Gasteiger partial charge on any atom is 0.317 e. The van der Waals surface area contributed by atoms with E-state index in [4.69, 9.17) is 0 Å². The van der Waals surface area contributed by atoms with Crippen LogP contribution in [0.4, 0.5) is 4.79 Å². The van der Waals surface area contributed by atoms with Crippen molar-refractivity contribution in [2.75, 3.05) is 13.1 Å². The number of carbonyl (C=O) groups excluding carboxylic acids is 1. The summed E-state index contributed by atoms with van der Waals surface area (Å²) >= 11 is 0. The van der Waals surface area contributed by atoms with Gasteiger partial charge < -0.3 is 10.2 Å². The van der Waals surface area contributed by atoms with E-state index in [1.807, 2.05) is 41.4 Å². The van der Waals surface area contributed by atoms with Gasteiger partial charge in [0.05, 0.1) is 18.3 Å². The summed E-state index contributed by atoms with van der Waals surface area (Å²) in [6.45, 7) is 5.43. The van der Waals surface area contributed by atoms with Gasteiger partial charge in [-0.25, -0.2) is 14.5 Å². The van der Waals surface area contributed by atoms with Gasteiger partial charge in [-0.3, -0.25) is 4.68 Å². The van der Waals surface area contributed by atoms with Crippen LogP contribution in [0.15, 0.2) is 18.9 Å². The molecule has 2 aromatic rings. The van der Waals surface area contributed by atoms with E-state index in [9.17, 15) is 4.79 Å². The smallest absolute Gasteiger partial charge is 0.317 e. The zero-order chi connectivity index (χ0) is 16.4. The zero-order valence-electron chi connectivity index (χ0n) is 13.8. The molecule has 0 spiro atoms. The molecule has 3 heterocycles. The Hall–Kier alpha value is -2.38. The van der Waals surface area contributed by atoms with Gasteiger partial charge in [0.2, 0.25) is 0 Å². The van der Waals surface area contributed by atoms with Crippen molar-refractivity contribution in [3.8, 4) is 0 Å². The predicted molar refractivity (Wildman–Crippen MR) is 84.8 cm³/mol. The highest BCUT2D eigenvalue weighted by atomic mass is 16.2. The highest BCUT2D eigenvalue weighted by molar-refractivity contribution is 5.74. The molecule has 23 heavy (non-hydrogen) atoms. The molecule has 1 aliphatic rings. The number of carbonyl (C=O) groups is 1. The minimum atomic E-state index is -0.0667. The van der Waals surface area contributed by atoms with Crippen molar-refractivity contribution in [1.82, 2.24) is 34.8 Å². The minimum absolute atomic E-state index is 0.0365. The van der Waals surface area contributed by atoms with Gasteiger partial charge in [-0.2, -0.15) is 10.2 Å². The highest BCUT2D eigenvalue weighted by Crippen LogP contribution is 2.21. The first-order valence-corrected chi connectivity index (χ1v) is 7.94. The largest absolute Gasteiger partial charge is 0.331 e. The molecule has 1 N–H and O–H groups in total. The van der Waals surface area contributed by atoms with Crippen LogP contribution in [0.25, 0.3) is 0 Å². The lowest BCUT2D eigenvalue weighted by Gasteiger charge is -2.33. The van der Waals surface area contributed by atoms with Crippen LogP contribution in [0, 0.1) is 6.92 Å². The summed E-state index contributed by atoms with van der Waals surface area (Å²) in [4.78, 5) is 18.4. The van der Waals surface area contributed by atoms with Gasteiger partial charge in [-0.1, -0.05) is 0 Å². The number of piperidine rings is 1. The third kappa shape index (κ3) is 3.20. The SMILES string of the molecule is Cc1c([C@H](C)NC(=O)N2CCC[C@H](n3cncn3)C2)cnn1C. The normalized spacial score (nSPS) is 19.6. The number of nitrogens with zero attached hydrogens (tertiary/aromatic N) is 6. The Kier molecular flexibility index (Phi) is 4.31. The first kappa shape index (κ1) is 15.5. The Bertz CT molecular complexity index is 663. The molecule has 0 unspecified atom stereocenters. The van der Waals surface area contributed by atoms with Crippen LogP contribution in [0.2, 0.25) is 0 Å². The number of aromatic nitrogens is 5. The summed E-state index contributed by atoms with van der Waals surface area (Å²) in [6.07, 6.45) is 7.05. The number of hydrogen-bond acceptors (Lipinski definition) is 4. The van der Waals surface area contributed by atoms with Crippen molar-refractivity contribution in [3.63, 3.8) is 0 Å². The summed E-state index contributed by atoms with van der Waals surface area (Å²) < 4.78 is 3.66. The first-order chi connectivity index (χ1) is 11.1. The van der Waals surface area contributed by atoms with Crippen LogP contribution in [0.5, 0.6) is 0 Å². The molecule has 8 nitrogen and oxygen atoms in total. The Morgan fingerprint density at radius 2 is 2.26 bits per heavy atom. The lowest BCUT2D eigenvalue weighted by Crippen LogP contribution is -2.46. The summed E-state index contributed by atoms with van der Waals surface area (Å²) in [5.74, 6) is 0. The fourth-order valence-corrected chi connectivity index (χ4v) is 3.06. The van der Waals surface area contributed by atoms with Crippen molar-refractivity contribution in [3.05, 3.63) is 30.1 Å². The van der Waals surface area contributed by atoms with E-state index in [1.165, 1.54) is 6.33 Å². The standard InChI is InChI=1S/C15H23N7O/c1-11(14-7-17-20(3)12(14)2)19-15(23)21-6-4-5-13(8-21)22-10-16-9-18-22/h7,9-11,13H,4-6,8H2,1-3H3,(H,19,23)/t11-,13-/m0/s1. The maximum atomic E-state index is 12.6. The first-order valence-electron chi connectivity index (χ1n) is 7.94. The number of nitrogens with one attached hydrogen (secondary N) is 1. The van der Waals surface area contributed by atoms with Crippen molar-refractivity contribution in [2.45, 2.75) is 38.8 Å². The molecule has 1 saturated heterocycles. The summed E-state index contributed by atoms with van der Waals surface area (Å²) in [7, 11) is 1.90. The van der Waals surface area contributed by atoms with Crippen molar-refractivity contribution < 1.29 is 4.79 Å². The summed E-state index contributed by atoms with van der Waals surface area (Å²) in [5, 5.41) is 11.5. The summed E-state index contributed by atoms with van der Waals surface area (Å²) in [6, 6.07) is 0.0981. The molecule has 0 radical (unpaired) electrons. The quantitative estimate of drug-likeness (QED) is 0.928. The average Bonchev–Trinajstić information content (AvgIpc) is 3.19. The third-order valence-corrected chi connectivity index (χ3v) is 4.57. The van der Waals surface area contributed by atoms with Crippen LogP contribution in [-0.4, -0.2) is 48.6 Å². The molecule has 0 aromatic carbocycles. The third-order valence-electron chi connectivity index (χ3n) is 4.57. The molecular weight excluding hydrogens is 294 g/mol. The Labute approximate surface area is 135 Å². The van der Waals surface area contributed by atoms with Crippen LogP contribution in [0.1, 0.15) is 43.1 Å². The van der Waals surface area contributed by atoms with Gasteiger partial charge in [-0.15, -0.1) is 0 Å². The van der Waals surface area contributed by atoms with E-state index in [0.717, 1.165) is 30.6 Å². The number of aryl methyl sites for hydroxylation is 1. The van der Waals surface area contributed by atoms with E-state index < -0.39 is 0 Å². The lowest BCUT2D eigenvalue weighted by atomic mass is 10.1. The molecule has 1 fully saturated rings. The topological polar surface area (TPSA) is 80.9 Å². The van der Waals surface area contributed by atoms with Crippen LogP contribution in [-0.2, 0) is 7.05 Å². The van der Waals surface area contributed by atoms with Crippen molar-refractivity contribution in [1.29, 1.82) is 0 Å². The monoisotopic (exact) mass is 317 g/mol. The van der Waals surface area contributed by atoms with Gasteiger partial charge >= 0.3 is 6.03 Å². The molecule has 124 valence electrons. The highest BCUT2D eigenvalue weighted by Gasteiger charge is 2.26. The zero-order valence-corrected chi connectivity index (χ0v) is 13.8. The second-order valence-electron chi connectivity index (χ2n) is 6.10. The second-order valence-corrected chi connectivity index (χ2v) is 6.10. The molecule has 0 saturated carbocycles. The number of likely N-dealkylation sites (tertiary alicyclic amines) is 1. The van der Waals surface area contributed by atoms with Gasteiger partial charge in [-0.05, 0) is 26.7 Å². The van der Waals surface area contributed by atoms with Gasteiger partial charge in [0.1, 0.15) is 12.7 Å². The number of hydrogen-bond donors (Lipinski definition) is 1. The Morgan fingerprint density at radius 3 is 2.91 bits per heavy atom. The van der Waals surface area contributed by atoms with Crippen molar-refractivity contribution in [2.24, 2.45) is 7.05 Å². The van der Waals surface area contributed by atoms with Crippen LogP contribution in [0.3, 0.4) is 0 Å². The number of amides is 2. The lowest BCUT2D eigenvalue weighted by molar-refractivity contribution is 0.160. The number of urea groups is 1. The Balaban J connectivity index is 1.62. The molecule has 1 aliphatic heterocycles. The molecule has 2 atom stereocenters. The minimum Gasteiger partial charge on any atom is -0.331 e. The number of rotatable bonds is 3. The second kappa shape index (κ2) is 6.39. The fraction of sp³-hybridized carbons (Fsp3) is 0.600. The Morgan fingerprint density at radius 1 is 1.43 bits per heavy atom. The molecule has 0 bridgehead atoms. The van der Waals surface area contributed by atoms with E-state index >= 15 is 0 Å². The molecular formula is C15H23N7O. The van der Waals surface area contributed by atoms with E-state index in [2.05, 4.69) is 20.5 Å². The molecule has 2 amide bonds. The fourth-order valence-electron chi connectivity index (χ4n) is 3.06. The molecule has 0 aliphatic carbocycles. The van der Waals surface area contributed by atoms with E-state index in [-0.39, 0.29) is 18.1 Å². The summed E-state index contributed by atoms with van der Waals surface area (Å²) in [5.41, 5.74) is 2.11. The van der Waals surface area contributed by atoms with E-state index in [1.54, 1.807) is 6.33 Å². The van der Waals surface area contributed by atoms with Crippen LogP contribution < -0.4 is 5.32 Å². The predicted octanol–water partition coefficient (Wildman–Crippen LogP) is 1.43. The van der Waals surface area contributed by atoms with E-state index in [0.29, 0.717) is 6.54 Å². The average molecular weight is 317 g/mol. The van der Waals surface area contributed by atoms with Gasteiger partial charge in [0, 0.05) is 31.4 Å². The van der Waals surface area contributed by atoms with Crippen LogP contribution >= 0.6 is 0 Å². The molecule has 3 rings (SSSR count). The van der Waals surface area contributed by atoms with Gasteiger partial charge in [0.15, 0.2) is 0 Å². The maximum absolute atomic E-state index is 12.6.